The highest BCUT2D eigenvalue weighted by atomic mass is 79.9. The summed E-state index contributed by atoms with van der Waals surface area (Å²) in [5.41, 5.74) is 14.2. The minimum absolute atomic E-state index is 0.441. The number of nitrogens with zero attached hydrogens (tertiary/aromatic N) is 1. The first kappa shape index (κ1) is 13.9. The van der Waals surface area contributed by atoms with E-state index in [4.69, 9.17) is 11.5 Å². The predicted molar refractivity (Wildman–Crippen MR) is 83.5 cm³/mol. The summed E-state index contributed by atoms with van der Waals surface area (Å²) in [7, 11) is 1.89. The van der Waals surface area contributed by atoms with Crippen LogP contribution in [0.1, 0.15) is 15.9 Å². The van der Waals surface area contributed by atoms with Gasteiger partial charge in [0.2, 0.25) is 0 Å². The van der Waals surface area contributed by atoms with Gasteiger partial charge in [0.05, 0.1) is 20.7 Å². The van der Waals surface area contributed by atoms with Gasteiger partial charge in [0.15, 0.2) is 0 Å². The molecule has 2 aromatic rings. The van der Waals surface area contributed by atoms with Crippen molar-refractivity contribution in [3.63, 3.8) is 0 Å². The Morgan fingerprint density at radius 2 is 2.21 bits per heavy atom. The smallest absolute Gasteiger partial charge is 0.250 e. The molecule has 6 heteroatoms. The highest BCUT2D eigenvalue weighted by Gasteiger charge is 2.15. The Morgan fingerprint density at radius 3 is 2.79 bits per heavy atom. The van der Waals surface area contributed by atoms with Gasteiger partial charge in [0, 0.05) is 13.6 Å². The van der Waals surface area contributed by atoms with Crippen LogP contribution in [0, 0.1) is 0 Å². The van der Waals surface area contributed by atoms with Crippen LogP contribution in [0.25, 0.3) is 0 Å². The molecule has 1 heterocycles. The molecule has 19 heavy (non-hydrogen) atoms. The fourth-order valence-corrected chi connectivity index (χ4v) is 3.17. The van der Waals surface area contributed by atoms with Crippen LogP contribution in [0.5, 0.6) is 0 Å². The SMILES string of the molecule is CN(Cc1csc(Br)c1)c1c(N)cccc1C(N)=O. The van der Waals surface area contributed by atoms with E-state index in [1.807, 2.05) is 18.0 Å². The lowest BCUT2D eigenvalue weighted by atomic mass is 10.1. The molecule has 0 bridgehead atoms. The maximum absolute atomic E-state index is 11.5. The second-order valence-corrected chi connectivity index (χ2v) is 6.51. The molecule has 1 aromatic heterocycles. The number of thiophene rings is 1. The van der Waals surface area contributed by atoms with Gasteiger partial charge in [-0.1, -0.05) is 6.07 Å². The Hall–Kier alpha value is -1.53. The van der Waals surface area contributed by atoms with E-state index in [-0.39, 0.29) is 0 Å². The summed E-state index contributed by atoms with van der Waals surface area (Å²) in [5.74, 6) is -0.472. The van der Waals surface area contributed by atoms with Crippen molar-refractivity contribution in [1.82, 2.24) is 0 Å². The van der Waals surface area contributed by atoms with Gasteiger partial charge in [-0.05, 0) is 45.1 Å². The van der Waals surface area contributed by atoms with Crippen molar-refractivity contribution in [2.75, 3.05) is 17.7 Å². The predicted octanol–water partition coefficient (Wildman–Crippen LogP) is 2.83. The number of amides is 1. The van der Waals surface area contributed by atoms with Crippen LogP contribution in [0.15, 0.2) is 33.4 Å². The molecule has 1 aromatic carbocycles. The number of carbonyl (C=O) groups is 1. The molecular weight excluding hydrogens is 326 g/mol. The van der Waals surface area contributed by atoms with E-state index in [0.29, 0.717) is 23.5 Å². The number of nitrogens with two attached hydrogens (primary N) is 2. The molecule has 0 unspecified atom stereocenters. The molecular formula is C13H14BrN3OS. The van der Waals surface area contributed by atoms with Crippen LogP contribution < -0.4 is 16.4 Å². The number of anilines is 2. The van der Waals surface area contributed by atoms with E-state index in [1.54, 1.807) is 29.5 Å². The molecule has 2 rings (SSSR count). The maximum atomic E-state index is 11.5. The number of hydrogen-bond acceptors (Lipinski definition) is 4. The molecule has 0 fully saturated rings. The van der Waals surface area contributed by atoms with Crippen molar-refractivity contribution >= 4 is 44.5 Å². The molecule has 0 saturated carbocycles. The van der Waals surface area contributed by atoms with E-state index in [9.17, 15) is 4.79 Å². The van der Waals surface area contributed by atoms with Crippen LogP contribution >= 0.6 is 27.3 Å². The minimum Gasteiger partial charge on any atom is -0.397 e. The summed E-state index contributed by atoms with van der Waals surface area (Å²) in [4.78, 5) is 13.4. The Bertz CT molecular complexity index is 612. The van der Waals surface area contributed by atoms with Gasteiger partial charge in [0.1, 0.15) is 0 Å². The molecule has 4 nitrogen and oxygen atoms in total. The number of benzene rings is 1. The number of nitrogen functional groups attached to an aromatic ring is 1. The second kappa shape index (κ2) is 5.63. The quantitative estimate of drug-likeness (QED) is 0.841. The van der Waals surface area contributed by atoms with Crippen molar-refractivity contribution in [2.45, 2.75) is 6.54 Å². The molecule has 0 aliphatic rings. The highest BCUT2D eigenvalue weighted by Crippen LogP contribution is 2.29. The summed E-state index contributed by atoms with van der Waals surface area (Å²) in [5, 5.41) is 2.06. The van der Waals surface area contributed by atoms with E-state index >= 15 is 0 Å². The molecule has 0 aliphatic carbocycles. The average Bonchev–Trinajstić information content (AvgIpc) is 2.74. The lowest BCUT2D eigenvalue weighted by Crippen LogP contribution is -2.23. The number of carbonyl (C=O) groups excluding carboxylic acids is 1. The Balaban J connectivity index is 2.32. The highest BCUT2D eigenvalue weighted by molar-refractivity contribution is 9.11. The van der Waals surface area contributed by atoms with E-state index in [1.165, 1.54) is 0 Å². The molecule has 0 radical (unpaired) electrons. The van der Waals surface area contributed by atoms with Crippen LogP contribution in [-0.4, -0.2) is 13.0 Å². The Labute approximate surface area is 124 Å². The van der Waals surface area contributed by atoms with Crippen molar-refractivity contribution < 1.29 is 4.79 Å². The summed E-state index contributed by atoms with van der Waals surface area (Å²) in [6.45, 7) is 0.663. The second-order valence-electron chi connectivity index (χ2n) is 4.22. The first-order valence-electron chi connectivity index (χ1n) is 5.61. The number of primary amides is 1. The van der Waals surface area contributed by atoms with E-state index in [0.717, 1.165) is 9.35 Å². The van der Waals surface area contributed by atoms with Crippen molar-refractivity contribution in [3.05, 3.63) is 44.6 Å². The maximum Gasteiger partial charge on any atom is 0.250 e. The number of para-hydroxylation sites is 1. The number of rotatable bonds is 4. The molecule has 4 N–H and O–H groups in total. The summed E-state index contributed by atoms with van der Waals surface area (Å²) < 4.78 is 1.08. The summed E-state index contributed by atoms with van der Waals surface area (Å²) in [6.07, 6.45) is 0. The van der Waals surface area contributed by atoms with E-state index in [2.05, 4.69) is 21.3 Å². The van der Waals surface area contributed by atoms with Gasteiger partial charge in [-0.3, -0.25) is 4.79 Å². The third-order valence-corrected chi connectivity index (χ3v) is 4.31. The standard InChI is InChI=1S/C13H14BrN3OS/c1-17(6-8-5-11(14)19-7-8)12-9(13(16)18)3-2-4-10(12)15/h2-5,7H,6,15H2,1H3,(H2,16,18). The van der Waals surface area contributed by atoms with Gasteiger partial charge < -0.3 is 16.4 Å². The zero-order valence-corrected chi connectivity index (χ0v) is 12.8. The fraction of sp³-hybridized carbons (Fsp3) is 0.154. The van der Waals surface area contributed by atoms with Gasteiger partial charge in [-0.25, -0.2) is 0 Å². The molecule has 0 atom stereocenters. The first-order valence-corrected chi connectivity index (χ1v) is 7.28. The topological polar surface area (TPSA) is 72.3 Å². The van der Waals surface area contributed by atoms with Crippen LogP contribution in [-0.2, 0) is 6.54 Å². The Morgan fingerprint density at radius 1 is 1.47 bits per heavy atom. The monoisotopic (exact) mass is 339 g/mol. The largest absolute Gasteiger partial charge is 0.397 e. The van der Waals surface area contributed by atoms with Gasteiger partial charge in [-0.2, -0.15) is 0 Å². The van der Waals surface area contributed by atoms with Crippen LogP contribution in [0.4, 0.5) is 11.4 Å². The molecule has 0 saturated heterocycles. The molecule has 0 spiro atoms. The number of hydrogen-bond donors (Lipinski definition) is 2. The minimum atomic E-state index is -0.472. The van der Waals surface area contributed by atoms with Gasteiger partial charge >= 0.3 is 0 Å². The third kappa shape index (κ3) is 3.08. The van der Waals surface area contributed by atoms with Crippen molar-refractivity contribution in [3.8, 4) is 0 Å². The summed E-state index contributed by atoms with van der Waals surface area (Å²) >= 11 is 5.06. The normalized spacial score (nSPS) is 10.4. The van der Waals surface area contributed by atoms with Gasteiger partial charge in [-0.15, -0.1) is 11.3 Å². The fourth-order valence-electron chi connectivity index (χ4n) is 1.97. The van der Waals surface area contributed by atoms with Crippen LogP contribution in [0.3, 0.4) is 0 Å². The third-order valence-electron chi connectivity index (χ3n) is 2.76. The lowest BCUT2D eigenvalue weighted by molar-refractivity contribution is 0.100. The molecule has 1 amide bonds. The van der Waals surface area contributed by atoms with Gasteiger partial charge in [0.25, 0.3) is 5.91 Å². The average molecular weight is 340 g/mol. The zero-order valence-electron chi connectivity index (χ0n) is 10.4. The number of halogens is 1. The van der Waals surface area contributed by atoms with E-state index < -0.39 is 5.91 Å². The lowest BCUT2D eigenvalue weighted by Gasteiger charge is -2.22. The van der Waals surface area contributed by atoms with Crippen molar-refractivity contribution in [1.29, 1.82) is 0 Å². The Kier molecular flexibility index (Phi) is 4.11. The first-order chi connectivity index (χ1) is 8.99. The zero-order chi connectivity index (χ0) is 14.0. The summed E-state index contributed by atoms with van der Waals surface area (Å²) in [6, 6.07) is 7.23. The molecule has 0 aliphatic heterocycles. The molecule has 100 valence electrons. The van der Waals surface area contributed by atoms with Crippen LogP contribution in [0.2, 0.25) is 0 Å². The van der Waals surface area contributed by atoms with Crippen molar-refractivity contribution in [2.24, 2.45) is 5.73 Å².